The third-order valence-electron chi connectivity index (χ3n) is 5.40. The molecule has 6 nitrogen and oxygen atoms in total. The summed E-state index contributed by atoms with van der Waals surface area (Å²) in [7, 11) is 3.67. The molecule has 1 fully saturated rings. The first-order valence-corrected chi connectivity index (χ1v) is 9.65. The van der Waals surface area contributed by atoms with Gasteiger partial charge >= 0.3 is 0 Å². The maximum Gasteiger partial charge on any atom is 0.227 e. The molecule has 1 heterocycles. The fourth-order valence-electron chi connectivity index (χ4n) is 3.58. The summed E-state index contributed by atoms with van der Waals surface area (Å²) in [5.41, 5.74) is 4.36. The van der Waals surface area contributed by atoms with Gasteiger partial charge in [0.2, 0.25) is 5.91 Å². The van der Waals surface area contributed by atoms with Gasteiger partial charge in [-0.1, -0.05) is 6.92 Å². The molecule has 0 bridgehead atoms. The van der Waals surface area contributed by atoms with Gasteiger partial charge in [0, 0.05) is 25.7 Å². The molecule has 1 saturated carbocycles. The lowest BCUT2D eigenvalue weighted by Crippen LogP contribution is -2.17. The molecule has 0 unspecified atom stereocenters. The van der Waals surface area contributed by atoms with E-state index in [-0.39, 0.29) is 11.8 Å². The number of hydrogen-bond acceptors (Lipinski definition) is 4. The largest absolute Gasteiger partial charge is 0.342 e. The van der Waals surface area contributed by atoms with Crippen molar-refractivity contribution in [2.75, 3.05) is 17.3 Å². The van der Waals surface area contributed by atoms with Crippen LogP contribution in [0.2, 0.25) is 0 Å². The average Bonchev–Trinajstić information content (AvgIpc) is 3.50. The summed E-state index contributed by atoms with van der Waals surface area (Å²) in [6, 6.07) is 8.72. The first kappa shape index (κ1) is 18.9. The number of carbonyl (C=O) groups excluding carboxylic acids is 1. The second-order valence-electron chi connectivity index (χ2n) is 7.47. The van der Waals surface area contributed by atoms with E-state index >= 15 is 0 Å². The summed E-state index contributed by atoms with van der Waals surface area (Å²) in [5, 5.41) is 12.1. The van der Waals surface area contributed by atoms with Crippen molar-refractivity contribution in [2.45, 2.75) is 26.2 Å². The van der Waals surface area contributed by atoms with Crippen molar-refractivity contribution in [3.05, 3.63) is 47.5 Å². The van der Waals surface area contributed by atoms with E-state index in [1.807, 2.05) is 36.7 Å². The highest BCUT2D eigenvalue weighted by Gasteiger charge is 2.30. The van der Waals surface area contributed by atoms with Crippen LogP contribution in [0.3, 0.4) is 0 Å². The van der Waals surface area contributed by atoms with Gasteiger partial charge < -0.3 is 14.8 Å². The van der Waals surface area contributed by atoms with Crippen LogP contribution < -0.4 is 10.2 Å². The maximum absolute atomic E-state index is 14.9. The lowest BCUT2D eigenvalue weighted by Gasteiger charge is -2.24. The zero-order chi connectivity index (χ0) is 20.7. The molecule has 29 heavy (non-hydrogen) atoms. The highest BCUT2D eigenvalue weighted by Crippen LogP contribution is 2.37. The average molecular weight is 391 g/mol. The van der Waals surface area contributed by atoms with Crippen LogP contribution in [-0.4, -0.2) is 22.5 Å². The van der Waals surface area contributed by atoms with Gasteiger partial charge in [0.15, 0.2) is 0 Å². The van der Waals surface area contributed by atoms with E-state index in [1.54, 1.807) is 24.3 Å². The predicted molar refractivity (Wildman–Crippen MR) is 111 cm³/mol. The second kappa shape index (κ2) is 7.21. The Morgan fingerprint density at radius 2 is 2.14 bits per heavy atom. The molecule has 148 valence electrons. The fourth-order valence-corrected chi connectivity index (χ4v) is 3.58. The van der Waals surface area contributed by atoms with Gasteiger partial charge in [-0.05, 0) is 49.1 Å². The fraction of sp³-hybridized carbons (Fsp3) is 0.318. The van der Waals surface area contributed by atoms with Crippen LogP contribution in [0.5, 0.6) is 0 Å². The number of halogens is 1. The topological polar surface area (TPSA) is 74.0 Å². The Morgan fingerprint density at radius 1 is 1.38 bits per heavy atom. The number of nitriles is 1. The maximum atomic E-state index is 14.9. The molecule has 0 radical (unpaired) electrons. The van der Waals surface area contributed by atoms with E-state index in [1.165, 1.54) is 6.07 Å². The summed E-state index contributed by atoms with van der Waals surface area (Å²) >= 11 is 0. The molecule has 3 aromatic rings. The van der Waals surface area contributed by atoms with Gasteiger partial charge in [-0.15, -0.1) is 0 Å². The van der Waals surface area contributed by atoms with Crippen molar-refractivity contribution in [1.29, 1.82) is 5.26 Å². The third-order valence-corrected chi connectivity index (χ3v) is 5.40. The van der Waals surface area contributed by atoms with Gasteiger partial charge in [-0.2, -0.15) is 5.26 Å². The monoisotopic (exact) mass is 391 g/mol. The Kier molecular flexibility index (Phi) is 4.71. The van der Waals surface area contributed by atoms with Crippen LogP contribution in [-0.2, 0) is 18.3 Å². The first-order valence-electron chi connectivity index (χ1n) is 9.65. The van der Waals surface area contributed by atoms with Gasteiger partial charge in [-0.3, -0.25) is 4.79 Å². The van der Waals surface area contributed by atoms with E-state index < -0.39 is 5.82 Å². The molecule has 7 heteroatoms. The summed E-state index contributed by atoms with van der Waals surface area (Å²) in [5.74, 6) is -0.384. The second-order valence-corrected chi connectivity index (χ2v) is 7.47. The van der Waals surface area contributed by atoms with Crippen LogP contribution in [0, 0.1) is 23.1 Å². The molecule has 0 spiro atoms. The Hall–Kier alpha value is -3.40. The molecule has 0 aliphatic heterocycles. The van der Waals surface area contributed by atoms with Crippen LogP contribution in [0.1, 0.15) is 30.9 Å². The minimum atomic E-state index is -0.447. The number of nitrogens with zero attached hydrogens (tertiary/aromatic N) is 4. The molecule has 2 aromatic carbocycles. The minimum absolute atomic E-state index is 0.00411. The number of amides is 1. The van der Waals surface area contributed by atoms with Crippen LogP contribution in [0.15, 0.2) is 30.6 Å². The third kappa shape index (κ3) is 3.42. The van der Waals surface area contributed by atoms with Crippen LogP contribution in [0.25, 0.3) is 11.0 Å². The summed E-state index contributed by atoms with van der Waals surface area (Å²) in [6.07, 6.45) is 4.10. The van der Waals surface area contributed by atoms with Crippen LogP contribution in [0.4, 0.5) is 21.5 Å². The smallest absolute Gasteiger partial charge is 0.227 e. The van der Waals surface area contributed by atoms with E-state index in [0.717, 1.165) is 29.6 Å². The van der Waals surface area contributed by atoms with Crippen molar-refractivity contribution in [3.8, 4) is 6.07 Å². The van der Waals surface area contributed by atoms with Crippen molar-refractivity contribution >= 4 is 34.0 Å². The van der Waals surface area contributed by atoms with Gasteiger partial charge in [0.05, 0.1) is 34.9 Å². The molecular formula is C22H22FN5O. The number of anilines is 3. The molecule has 1 N–H and O–H groups in total. The van der Waals surface area contributed by atoms with Gasteiger partial charge in [0.1, 0.15) is 11.3 Å². The normalized spacial score (nSPS) is 13.3. The quantitative estimate of drug-likeness (QED) is 0.705. The molecule has 1 aromatic heterocycles. The first-order chi connectivity index (χ1) is 13.9. The Balaban J connectivity index is 1.82. The molecular weight excluding hydrogens is 369 g/mol. The molecule has 4 rings (SSSR count). The summed E-state index contributed by atoms with van der Waals surface area (Å²) in [4.78, 5) is 18.5. The van der Waals surface area contributed by atoms with E-state index in [0.29, 0.717) is 28.9 Å². The number of benzene rings is 2. The van der Waals surface area contributed by atoms with E-state index in [2.05, 4.69) is 10.3 Å². The lowest BCUT2D eigenvalue weighted by atomic mass is 10.0. The molecule has 1 aliphatic rings. The Labute approximate surface area is 168 Å². The van der Waals surface area contributed by atoms with Crippen molar-refractivity contribution in [1.82, 2.24) is 9.55 Å². The molecule has 0 saturated heterocycles. The Bertz CT molecular complexity index is 1160. The number of carbonyl (C=O) groups is 1. The number of fused-ring (bicyclic) bond motifs is 1. The molecule has 0 atom stereocenters. The number of rotatable bonds is 5. The summed E-state index contributed by atoms with van der Waals surface area (Å²) < 4.78 is 16.8. The standard InChI is InChI=1S/C22H22FN5O/c1-4-14-7-13(11-24)8-17(23)21(14)28(3)16-9-18(26-22(29)15-5-6-15)20-19(10-16)27(2)12-25-20/h7-10,12,15H,4-6H2,1-3H3,(H,26,29). The van der Waals surface area contributed by atoms with Crippen molar-refractivity contribution < 1.29 is 9.18 Å². The summed E-state index contributed by atoms with van der Waals surface area (Å²) in [6.45, 7) is 1.93. The van der Waals surface area contributed by atoms with E-state index in [9.17, 15) is 9.18 Å². The van der Waals surface area contributed by atoms with Crippen molar-refractivity contribution in [2.24, 2.45) is 13.0 Å². The Morgan fingerprint density at radius 3 is 2.79 bits per heavy atom. The zero-order valence-electron chi connectivity index (χ0n) is 16.7. The number of imidazole rings is 1. The van der Waals surface area contributed by atoms with E-state index in [4.69, 9.17) is 5.26 Å². The molecule has 1 amide bonds. The zero-order valence-corrected chi connectivity index (χ0v) is 16.7. The van der Waals surface area contributed by atoms with Gasteiger partial charge in [0.25, 0.3) is 0 Å². The lowest BCUT2D eigenvalue weighted by molar-refractivity contribution is -0.117. The SMILES string of the molecule is CCc1cc(C#N)cc(F)c1N(C)c1cc(NC(=O)C2CC2)c2ncn(C)c2c1. The van der Waals surface area contributed by atoms with Gasteiger partial charge in [-0.25, -0.2) is 9.37 Å². The van der Waals surface area contributed by atoms with Crippen molar-refractivity contribution in [3.63, 3.8) is 0 Å². The number of hydrogen-bond donors (Lipinski definition) is 1. The highest BCUT2D eigenvalue weighted by atomic mass is 19.1. The van der Waals surface area contributed by atoms with Crippen LogP contribution >= 0.6 is 0 Å². The minimum Gasteiger partial charge on any atom is -0.342 e. The number of aromatic nitrogens is 2. The number of nitrogens with one attached hydrogen (secondary N) is 1. The highest BCUT2D eigenvalue weighted by molar-refractivity contribution is 6.03. The predicted octanol–water partition coefficient (Wildman–Crippen LogP) is 4.26. The number of aryl methyl sites for hydroxylation is 2. The molecule has 1 aliphatic carbocycles.